The number of carbonyl (C=O) groups is 1. The fraction of sp³-hybridized carbons (Fsp3) is 0.350. The maximum Gasteiger partial charge on any atom is 0.319 e. The second kappa shape index (κ2) is 8.53. The summed E-state index contributed by atoms with van der Waals surface area (Å²) < 4.78 is 5.09. The molecule has 0 heterocycles. The van der Waals surface area contributed by atoms with Crippen LogP contribution in [0.15, 0.2) is 42.5 Å². The largest absolute Gasteiger partial charge is 0.497 e. The van der Waals surface area contributed by atoms with Crippen molar-refractivity contribution in [2.75, 3.05) is 19.0 Å². The minimum absolute atomic E-state index is 0.126. The van der Waals surface area contributed by atoms with E-state index in [2.05, 4.69) is 24.5 Å². The first kappa shape index (κ1) is 18.8. The first-order valence-electron chi connectivity index (χ1n) is 8.38. The van der Waals surface area contributed by atoms with Gasteiger partial charge in [0.1, 0.15) is 5.75 Å². The third kappa shape index (κ3) is 4.97. The van der Waals surface area contributed by atoms with Crippen molar-refractivity contribution >= 4 is 11.7 Å². The number of benzene rings is 2. The highest BCUT2D eigenvalue weighted by Crippen LogP contribution is 2.27. The second-order valence-corrected chi connectivity index (χ2v) is 6.32. The zero-order chi connectivity index (χ0) is 18.4. The highest BCUT2D eigenvalue weighted by Gasteiger charge is 2.13. The van der Waals surface area contributed by atoms with Crippen LogP contribution in [0.4, 0.5) is 10.5 Å². The van der Waals surface area contributed by atoms with Crippen molar-refractivity contribution in [3.63, 3.8) is 0 Å². The molecular weight excluding hydrogens is 316 g/mol. The van der Waals surface area contributed by atoms with Gasteiger partial charge in [-0.2, -0.15) is 0 Å². The number of hydrogen-bond donors (Lipinski definition) is 3. The van der Waals surface area contributed by atoms with Gasteiger partial charge in [0.25, 0.3) is 0 Å². The summed E-state index contributed by atoms with van der Waals surface area (Å²) in [6.07, 6.45) is -0.780. The number of urea groups is 1. The summed E-state index contributed by atoms with van der Waals surface area (Å²) in [7, 11) is 1.59. The minimum atomic E-state index is -0.780. The van der Waals surface area contributed by atoms with Crippen molar-refractivity contribution in [2.24, 2.45) is 0 Å². The Morgan fingerprint density at radius 1 is 1.16 bits per heavy atom. The fourth-order valence-electron chi connectivity index (χ4n) is 2.63. The lowest BCUT2D eigenvalue weighted by Crippen LogP contribution is -2.33. The standard InChI is InChI=1S/C20H26N2O3/c1-13(2)17-7-5-6-14(3)19(17)22-20(24)21-12-18(23)15-8-10-16(25-4)11-9-15/h5-11,13,18,23H,12H2,1-4H3,(H2,21,22,24). The Bertz CT molecular complexity index is 711. The zero-order valence-electron chi connectivity index (χ0n) is 15.2. The molecule has 0 fully saturated rings. The number of aliphatic hydroxyl groups is 1. The number of amides is 2. The minimum Gasteiger partial charge on any atom is -0.497 e. The number of aryl methyl sites for hydroxylation is 1. The summed E-state index contributed by atoms with van der Waals surface area (Å²) in [5.74, 6) is 1.03. The van der Waals surface area contributed by atoms with Crippen molar-refractivity contribution in [2.45, 2.75) is 32.8 Å². The number of rotatable bonds is 6. The number of carbonyl (C=O) groups excluding carboxylic acids is 1. The smallest absolute Gasteiger partial charge is 0.319 e. The Morgan fingerprint density at radius 2 is 1.84 bits per heavy atom. The molecule has 0 saturated heterocycles. The summed E-state index contributed by atoms with van der Waals surface area (Å²) in [6, 6.07) is 12.8. The third-order valence-corrected chi connectivity index (χ3v) is 4.12. The Kier molecular flexibility index (Phi) is 6.42. The molecular formula is C20H26N2O3. The maximum atomic E-state index is 12.2. The van der Waals surface area contributed by atoms with Gasteiger partial charge in [-0.15, -0.1) is 0 Å². The van der Waals surface area contributed by atoms with E-state index in [0.717, 1.165) is 28.1 Å². The van der Waals surface area contributed by atoms with Crippen LogP contribution >= 0.6 is 0 Å². The summed E-state index contributed by atoms with van der Waals surface area (Å²) in [5, 5.41) is 15.8. The first-order chi connectivity index (χ1) is 11.9. The van der Waals surface area contributed by atoms with Crippen LogP contribution in [0.3, 0.4) is 0 Å². The average Bonchev–Trinajstić information content (AvgIpc) is 2.61. The molecule has 0 saturated carbocycles. The quantitative estimate of drug-likeness (QED) is 0.743. The molecule has 2 aromatic carbocycles. The molecule has 2 rings (SSSR count). The van der Waals surface area contributed by atoms with Crippen molar-refractivity contribution in [1.29, 1.82) is 0 Å². The van der Waals surface area contributed by atoms with Crippen LogP contribution in [-0.2, 0) is 0 Å². The molecule has 5 heteroatoms. The zero-order valence-corrected chi connectivity index (χ0v) is 15.2. The predicted molar refractivity (Wildman–Crippen MR) is 100 cm³/mol. The van der Waals surface area contributed by atoms with Crippen LogP contribution < -0.4 is 15.4 Å². The molecule has 0 aliphatic heterocycles. The Labute approximate surface area is 149 Å². The molecule has 0 aliphatic rings. The number of hydrogen-bond acceptors (Lipinski definition) is 3. The topological polar surface area (TPSA) is 70.6 Å². The van der Waals surface area contributed by atoms with Gasteiger partial charge in [0, 0.05) is 12.2 Å². The molecule has 0 radical (unpaired) electrons. The van der Waals surface area contributed by atoms with Gasteiger partial charge < -0.3 is 20.5 Å². The lowest BCUT2D eigenvalue weighted by Gasteiger charge is -2.18. The number of para-hydroxylation sites is 1. The molecule has 2 amide bonds. The lowest BCUT2D eigenvalue weighted by atomic mass is 9.98. The molecule has 1 atom stereocenters. The molecule has 0 bridgehead atoms. The molecule has 0 aliphatic carbocycles. The molecule has 134 valence electrons. The van der Waals surface area contributed by atoms with E-state index in [4.69, 9.17) is 4.74 Å². The first-order valence-corrected chi connectivity index (χ1v) is 8.38. The van der Waals surface area contributed by atoms with Crippen molar-refractivity contribution < 1.29 is 14.6 Å². The molecule has 0 aromatic heterocycles. The van der Waals surface area contributed by atoms with E-state index >= 15 is 0 Å². The van der Waals surface area contributed by atoms with Gasteiger partial charge in [0.15, 0.2) is 0 Å². The SMILES string of the molecule is COc1ccc(C(O)CNC(=O)Nc2c(C)cccc2C(C)C)cc1. The summed E-state index contributed by atoms with van der Waals surface area (Å²) in [5.41, 5.74) is 3.65. The van der Waals surface area contributed by atoms with E-state index in [1.807, 2.05) is 25.1 Å². The maximum absolute atomic E-state index is 12.2. The van der Waals surface area contributed by atoms with E-state index in [1.165, 1.54) is 0 Å². The summed E-state index contributed by atoms with van der Waals surface area (Å²) >= 11 is 0. The van der Waals surface area contributed by atoms with Crippen LogP contribution in [-0.4, -0.2) is 24.8 Å². The van der Waals surface area contributed by atoms with Gasteiger partial charge in [-0.25, -0.2) is 4.79 Å². The van der Waals surface area contributed by atoms with E-state index in [0.29, 0.717) is 5.92 Å². The van der Waals surface area contributed by atoms with Crippen LogP contribution in [0.2, 0.25) is 0 Å². The van der Waals surface area contributed by atoms with Gasteiger partial charge in [-0.1, -0.05) is 44.2 Å². The Balaban J connectivity index is 1.96. The van der Waals surface area contributed by atoms with Crippen LogP contribution in [0, 0.1) is 6.92 Å². The highest BCUT2D eigenvalue weighted by atomic mass is 16.5. The lowest BCUT2D eigenvalue weighted by molar-refractivity contribution is 0.175. The van der Waals surface area contributed by atoms with Crippen LogP contribution in [0.25, 0.3) is 0 Å². The van der Waals surface area contributed by atoms with E-state index < -0.39 is 6.10 Å². The number of methoxy groups -OCH3 is 1. The molecule has 0 spiro atoms. The predicted octanol–water partition coefficient (Wildman–Crippen LogP) is 3.98. The number of nitrogens with one attached hydrogen (secondary N) is 2. The van der Waals surface area contributed by atoms with Crippen molar-refractivity contribution in [3.8, 4) is 5.75 Å². The van der Waals surface area contributed by atoms with E-state index in [1.54, 1.807) is 31.4 Å². The van der Waals surface area contributed by atoms with E-state index in [-0.39, 0.29) is 12.6 Å². The highest BCUT2D eigenvalue weighted by molar-refractivity contribution is 5.91. The van der Waals surface area contributed by atoms with Crippen LogP contribution in [0.1, 0.15) is 42.6 Å². The molecule has 3 N–H and O–H groups in total. The molecule has 1 unspecified atom stereocenters. The average molecular weight is 342 g/mol. The van der Waals surface area contributed by atoms with Gasteiger partial charge >= 0.3 is 6.03 Å². The Hall–Kier alpha value is -2.53. The van der Waals surface area contributed by atoms with Gasteiger partial charge in [-0.3, -0.25) is 0 Å². The molecule has 25 heavy (non-hydrogen) atoms. The third-order valence-electron chi connectivity index (χ3n) is 4.12. The van der Waals surface area contributed by atoms with Gasteiger partial charge in [-0.05, 0) is 41.7 Å². The van der Waals surface area contributed by atoms with Crippen molar-refractivity contribution in [1.82, 2.24) is 5.32 Å². The molecule has 5 nitrogen and oxygen atoms in total. The monoisotopic (exact) mass is 342 g/mol. The number of ether oxygens (including phenoxy) is 1. The van der Waals surface area contributed by atoms with E-state index in [9.17, 15) is 9.90 Å². The number of aliphatic hydroxyl groups excluding tert-OH is 1. The summed E-state index contributed by atoms with van der Waals surface area (Å²) in [6.45, 7) is 6.27. The summed E-state index contributed by atoms with van der Waals surface area (Å²) in [4.78, 5) is 12.2. The number of anilines is 1. The van der Waals surface area contributed by atoms with Gasteiger partial charge in [0.2, 0.25) is 0 Å². The van der Waals surface area contributed by atoms with Gasteiger partial charge in [0.05, 0.1) is 13.2 Å². The van der Waals surface area contributed by atoms with Crippen LogP contribution in [0.5, 0.6) is 5.75 Å². The molecule has 2 aromatic rings. The fourth-order valence-corrected chi connectivity index (χ4v) is 2.63. The Morgan fingerprint density at radius 3 is 2.44 bits per heavy atom. The normalized spacial score (nSPS) is 11.9. The second-order valence-electron chi connectivity index (χ2n) is 6.32. The van der Waals surface area contributed by atoms with Crippen molar-refractivity contribution in [3.05, 3.63) is 59.2 Å².